The van der Waals surface area contributed by atoms with E-state index >= 15 is 0 Å². The summed E-state index contributed by atoms with van der Waals surface area (Å²) in [5, 5.41) is 0. The van der Waals surface area contributed by atoms with E-state index in [1.807, 2.05) is 37.2 Å². The minimum atomic E-state index is -0.449. The number of carbonyl (C=O) groups excluding carboxylic acids is 1. The van der Waals surface area contributed by atoms with Crippen LogP contribution in [0.3, 0.4) is 0 Å². The van der Waals surface area contributed by atoms with E-state index in [0.29, 0.717) is 12.2 Å². The van der Waals surface area contributed by atoms with Crippen molar-refractivity contribution in [3.63, 3.8) is 0 Å². The first kappa shape index (κ1) is 14.4. The van der Waals surface area contributed by atoms with Gasteiger partial charge in [0.1, 0.15) is 11.5 Å². The number of ether oxygens (including phenoxy) is 3. The average Bonchev–Trinajstić information content (AvgIpc) is 2.45. The maximum absolute atomic E-state index is 12.0. The van der Waals surface area contributed by atoms with Crippen molar-refractivity contribution in [2.45, 2.75) is 13.2 Å². The summed E-state index contributed by atoms with van der Waals surface area (Å²) in [6, 6.07) is 5.50. The second-order valence-corrected chi connectivity index (χ2v) is 4.66. The van der Waals surface area contributed by atoms with E-state index < -0.39 is 6.23 Å². The molecule has 1 aromatic rings. The van der Waals surface area contributed by atoms with Crippen molar-refractivity contribution in [2.24, 2.45) is 0 Å². The van der Waals surface area contributed by atoms with E-state index in [1.54, 1.807) is 20.1 Å². The van der Waals surface area contributed by atoms with Gasteiger partial charge >= 0.3 is 5.97 Å². The van der Waals surface area contributed by atoms with Crippen molar-refractivity contribution in [1.82, 2.24) is 4.90 Å². The third-order valence-electron chi connectivity index (χ3n) is 3.01. The van der Waals surface area contributed by atoms with Crippen LogP contribution in [-0.2, 0) is 9.53 Å². The van der Waals surface area contributed by atoms with Crippen LogP contribution in [0.15, 0.2) is 23.8 Å². The smallest absolute Gasteiger partial charge is 0.339 e. The summed E-state index contributed by atoms with van der Waals surface area (Å²) in [7, 11) is 5.31. The minimum Gasteiger partial charge on any atom is -0.497 e. The largest absolute Gasteiger partial charge is 0.497 e. The van der Waals surface area contributed by atoms with Crippen LogP contribution in [0.25, 0.3) is 6.08 Å². The fourth-order valence-electron chi connectivity index (χ4n) is 2.05. The number of methoxy groups -OCH3 is 1. The number of nitrogens with zero attached hydrogens (tertiary/aromatic N) is 1. The summed E-state index contributed by atoms with van der Waals surface area (Å²) < 4.78 is 16.1. The Balaban J connectivity index is 2.42. The number of likely N-dealkylation sites (N-methyl/N-ethyl adjacent to an activating group) is 1. The van der Waals surface area contributed by atoms with Gasteiger partial charge in [-0.1, -0.05) is 0 Å². The fraction of sp³-hybridized carbons (Fsp3) is 0.400. The minimum absolute atomic E-state index is 0.335. The second kappa shape index (κ2) is 5.96. The molecule has 0 bridgehead atoms. The summed E-state index contributed by atoms with van der Waals surface area (Å²) >= 11 is 0. The Kier molecular flexibility index (Phi) is 4.29. The van der Waals surface area contributed by atoms with E-state index in [9.17, 15) is 4.79 Å². The molecule has 1 unspecified atom stereocenters. The lowest BCUT2D eigenvalue weighted by Gasteiger charge is -2.30. The Morgan fingerprint density at radius 3 is 2.75 bits per heavy atom. The van der Waals surface area contributed by atoms with Crippen molar-refractivity contribution in [1.29, 1.82) is 0 Å². The Hall–Kier alpha value is -2.01. The van der Waals surface area contributed by atoms with E-state index in [-0.39, 0.29) is 5.97 Å². The Labute approximate surface area is 118 Å². The third kappa shape index (κ3) is 2.77. The number of rotatable bonds is 4. The van der Waals surface area contributed by atoms with Crippen molar-refractivity contribution in [2.75, 3.05) is 27.8 Å². The molecule has 2 rings (SSSR count). The molecule has 0 radical (unpaired) electrons. The predicted molar refractivity (Wildman–Crippen MR) is 75.7 cm³/mol. The molecule has 5 nitrogen and oxygen atoms in total. The molecule has 20 heavy (non-hydrogen) atoms. The molecule has 108 valence electrons. The molecule has 0 saturated carbocycles. The lowest BCUT2D eigenvalue weighted by molar-refractivity contribution is -0.140. The lowest BCUT2D eigenvalue weighted by Crippen LogP contribution is -2.40. The topological polar surface area (TPSA) is 48.0 Å². The summed E-state index contributed by atoms with van der Waals surface area (Å²) in [6.07, 6.45) is 1.35. The highest BCUT2D eigenvalue weighted by molar-refractivity contribution is 5.96. The van der Waals surface area contributed by atoms with Crippen molar-refractivity contribution in [3.05, 3.63) is 29.3 Å². The molecule has 1 aromatic carbocycles. The van der Waals surface area contributed by atoms with Crippen LogP contribution in [0, 0.1) is 0 Å². The average molecular weight is 277 g/mol. The molecular weight excluding hydrogens is 258 g/mol. The van der Waals surface area contributed by atoms with Crippen molar-refractivity contribution in [3.8, 4) is 11.5 Å². The number of hydrogen-bond donors (Lipinski definition) is 0. The molecule has 0 N–H and O–H groups in total. The number of hydrogen-bond acceptors (Lipinski definition) is 5. The van der Waals surface area contributed by atoms with E-state index in [2.05, 4.69) is 0 Å². The monoisotopic (exact) mass is 277 g/mol. The zero-order valence-electron chi connectivity index (χ0n) is 12.2. The number of fused-ring (bicyclic) bond motifs is 1. The molecule has 0 aliphatic carbocycles. The maximum Gasteiger partial charge on any atom is 0.339 e. The van der Waals surface area contributed by atoms with Gasteiger partial charge in [-0.05, 0) is 45.3 Å². The van der Waals surface area contributed by atoms with Gasteiger partial charge in [-0.2, -0.15) is 0 Å². The van der Waals surface area contributed by atoms with Crippen molar-refractivity contribution >= 4 is 12.0 Å². The third-order valence-corrected chi connectivity index (χ3v) is 3.01. The van der Waals surface area contributed by atoms with Crippen LogP contribution in [0.1, 0.15) is 12.5 Å². The van der Waals surface area contributed by atoms with Crippen molar-refractivity contribution < 1.29 is 19.0 Å². The maximum atomic E-state index is 12.0. The molecular formula is C15H19NO4. The van der Waals surface area contributed by atoms with Crippen LogP contribution < -0.4 is 9.47 Å². The van der Waals surface area contributed by atoms with Gasteiger partial charge in [-0.3, -0.25) is 4.90 Å². The SMILES string of the molecule is CCOC(=O)C1=Cc2cc(OC)ccc2OC1N(C)C. The number of esters is 1. The molecule has 5 heteroatoms. The summed E-state index contributed by atoms with van der Waals surface area (Å²) in [6.45, 7) is 2.12. The first-order valence-corrected chi connectivity index (χ1v) is 6.46. The van der Waals surface area contributed by atoms with Crippen LogP contribution in [0.2, 0.25) is 0 Å². The van der Waals surface area contributed by atoms with Gasteiger partial charge in [0.15, 0.2) is 6.23 Å². The van der Waals surface area contributed by atoms with Crippen LogP contribution in [0.5, 0.6) is 11.5 Å². The molecule has 1 atom stereocenters. The summed E-state index contributed by atoms with van der Waals surface area (Å²) in [4.78, 5) is 13.9. The number of benzene rings is 1. The van der Waals surface area contributed by atoms with Gasteiger partial charge in [-0.25, -0.2) is 4.79 Å². The normalized spacial score (nSPS) is 17.1. The Bertz CT molecular complexity index is 537. The van der Waals surface area contributed by atoms with Gasteiger partial charge in [-0.15, -0.1) is 0 Å². The highest BCUT2D eigenvalue weighted by Crippen LogP contribution is 2.33. The van der Waals surface area contributed by atoms with Gasteiger partial charge in [0.25, 0.3) is 0 Å². The zero-order chi connectivity index (χ0) is 14.7. The molecule has 1 aliphatic heterocycles. The first-order chi connectivity index (χ1) is 9.56. The zero-order valence-corrected chi connectivity index (χ0v) is 12.2. The molecule has 0 aromatic heterocycles. The first-order valence-electron chi connectivity index (χ1n) is 6.46. The second-order valence-electron chi connectivity index (χ2n) is 4.66. The summed E-state index contributed by atoms with van der Waals surface area (Å²) in [5.74, 6) is 1.08. The lowest BCUT2D eigenvalue weighted by atomic mass is 10.0. The van der Waals surface area contributed by atoms with Crippen LogP contribution in [0.4, 0.5) is 0 Å². The summed E-state index contributed by atoms with van der Waals surface area (Å²) in [5.41, 5.74) is 1.29. The molecule has 0 saturated heterocycles. The van der Waals surface area contributed by atoms with E-state index in [1.165, 1.54) is 0 Å². The Morgan fingerprint density at radius 1 is 1.40 bits per heavy atom. The van der Waals surface area contributed by atoms with Gasteiger partial charge in [0.05, 0.1) is 19.3 Å². The van der Waals surface area contributed by atoms with Gasteiger partial charge in [0.2, 0.25) is 0 Å². The molecule has 1 aliphatic rings. The predicted octanol–water partition coefficient (Wildman–Crippen LogP) is 1.92. The molecule has 0 fully saturated rings. The molecule has 0 spiro atoms. The fourth-order valence-corrected chi connectivity index (χ4v) is 2.05. The van der Waals surface area contributed by atoms with Gasteiger partial charge < -0.3 is 14.2 Å². The van der Waals surface area contributed by atoms with E-state index in [4.69, 9.17) is 14.2 Å². The molecule has 0 amide bonds. The Morgan fingerprint density at radius 2 is 2.15 bits per heavy atom. The quantitative estimate of drug-likeness (QED) is 0.787. The van der Waals surface area contributed by atoms with Gasteiger partial charge in [0, 0.05) is 5.56 Å². The highest BCUT2D eigenvalue weighted by atomic mass is 16.5. The van der Waals surface area contributed by atoms with E-state index in [0.717, 1.165) is 17.1 Å². The van der Waals surface area contributed by atoms with Crippen LogP contribution in [-0.4, -0.2) is 44.9 Å². The van der Waals surface area contributed by atoms with Crippen LogP contribution >= 0.6 is 0 Å². The standard InChI is InChI=1S/C15H19NO4/c1-5-19-15(17)12-9-10-8-11(18-4)6-7-13(10)20-14(12)16(2)3/h6-9,14H,5H2,1-4H3. The highest BCUT2D eigenvalue weighted by Gasteiger charge is 2.30. The number of carbonyl (C=O) groups is 1. The molecule has 1 heterocycles.